The minimum absolute atomic E-state index is 0.461. The number of aromatic nitrogens is 1. The van der Waals surface area contributed by atoms with E-state index in [0.29, 0.717) is 16.7 Å². The highest BCUT2D eigenvalue weighted by molar-refractivity contribution is 6.65. The molecule has 0 fully saturated rings. The molecule has 1 N–H and O–H groups in total. The molecule has 17 heavy (non-hydrogen) atoms. The van der Waals surface area contributed by atoms with Gasteiger partial charge in [-0.1, -0.05) is 17.7 Å². The number of nitrogens with zero attached hydrogens (tertiary/aromatic N) is 2. The summed E-state index contributed by atoms with van der Waals surface area (Å²) in [4.78, 5) is 8.39. The van der Waals surface area contributed by atoms with Crippen molar-refractivity contribution in [1.82, 2.24) is 4.98 Å². The van der Waals surface area contributed by atoms with Crippen LogP contribution in [-0.2, 0) is 0 Å². The zero-order chi connectivity index (χ0) is 13.0. The molecule has 3 nitrogen and oxygen atoms in total. The number of hydrogen-bond acceptors (Lipinski definition) is 3. The van der Waals surface area contributed by atoms with Crippen molar-refractivity contribution >= 4 is 33.9 Å². The highest BCUT2D eigenvalue weighted by Crippen LogP contribution is 2.22. The lowest BCUT2D eigenvalue weighted by Gasteiger charge is -2.07. The fraction of sp³-hybridized carbons (Fsp3) is 0.308. The highest BCUT2D eigenvalue weighted by atomic mass is 35.5. The van der Waals surface area contributed by atoms with E-state index in [9.17, 15) is 0 Å². The van der Waals surface area contributed by atoms with Crippen LogP contribution in [0.2, 0.25) is 0 Å². The van der Waals surface area contributed by atoms with Gasteiger partial charge in [-0.05, 0) is 44.9 Å². The van der Waals surface area contributed by atoms with E-state index in [2.05, 4.69) is 9.98 Å². The van der Waals surface area contributed by atoms with Crippen LogP contribution in [0.15, 0.2) is 23.3 Å². The van der Waals surface area contributed by atoms with Crippen LogP contribution in [0.1, 0.15) is 31.9 Å². The van der Waals surface area contributed by atoms with Crippen molar-refractivity contribution in [2.75, 3.05) is 0 Å². The van der Waals surface area contributed by atoms with Gasteiger partial charge in [-0.3, -0.25) is 0 Å². The molecule has 0 aliphatic heterocycles. The average Bonchev–Trinajstić information content (AvgIpc) is 2.22. The van der Waals surface area contributed by atoms with E-state index in [1.54, 1.807) is 20.0 Å². The molecule has 0 aliphatic carbocycles. The first-order valence-electron chi connectivity index (χ1n) is 5.35. The van der Waals surface area contributed by atoms with Crippen LogP contribution in [0.25, 0.3) is 5.57 Å². The fourth-order valence-electron chi connectivity index (χ4n) is 1.58. The van der Waals surface area contributed by atoms with Crippen molar-refractivity contribution in [1.29, 1.82) is 5.41 Å². The topological polar surface area (TPSA) is 49.1 Å². The summed E-state index contributed by atoms with van der Waals surface area (Å²) in [7, 11) is 0. The predicted molar refractivity (Wildman–Crippen MR) is 74.6 cm³/mol. The summed E-state index contributed by atoms with van der Waals surface area (Å²) in [6, 6.07) is 1.97. The molecule has 0 radical (unpaired) electrons. The summed E-state index contributed by atoms with van der Waals surface area (Å²) in [5, 5.41) is 8.14. The Kier molecular flexibility index (Phi) is 4.58. The van der Waals surface area contributed by atoms with Gasteiger partial charge < -0.3 is 5.41 Å². The summed E-state index contributed by atoms with van der Waals surface area (Å²) < 4.78 is 0. The zero-order valence-corrected chi connectivity index (χ0v) is 11.3. The van der Waals surface area contributed by atoms with Gasteiger partial charge >= 0.3 is 0 Å². The molecule has 0 bridgehead atoms. The molecule has 0 saturated carbocycles. The van der Waals surface area contributed by atoms with Crippen molar-refractivity contribution in [2.45, 2.75) is 27.7 Å². The Morgan fingerprint density at radius 1 is 1.47 bits per heavy atom. The molecule has 0 atom stereocenters. The van der Waals surface area contributed by atoms with Crippen molar-refractivity contribution in [2.24, 2.45) is 4.99 Å². The van der Waals surface area contributed by atoms with E-state index in [4.69, 9.17) is 17.0 Å². The number of allylic oxidation sites excluding steroid dienone is 2. The summed E-state index contributed by atoms with van der Waals surface area (Å²) in [5.41, 5.74) is 3.30. The molecule has 1 rings (SSSR count). The van der Waals surface area contributed by atoms with E-state index in [1.165, 1.54) is 0 Å². The van der Waals surface area contributed by atoms with Gasteiger partial charge in [-0.15, -0.1) is 0 Å². The van der Waals surface area contributed by atoms with Gasteiger partial charge in [-0.25, -0.2) is 9.98 Å². The SMILES string of the molecule is C/C=C(/C(C)=N)c1cnc(N=C(C)Cl)c(C)c1. The molecule has 4 heteroatoms. The second-order valence-electron chi connectivity index (χ2n) is 3.80. The van der Waals surface area contributed by atoms with Crippen molar-refractivity contribution in [3.8, 4) is 0 Å². The summed E-state index contributed by atoms with van der Waals surface area (Å²) in [5.74, 6) is 0.624. The van der Waals surface area contributed by atoms with E-state index in [-0.39, 0.29) is 0 Å². The van der Waals surface area contributed by atoms with E-state index >= 15 is 0 Å². The number of rotatable bonds is 3. The standard InChI is InChI=1S/C13H16ClN3/c1-5-12(9(3)15)11-6-8(2)13(16-7-11)17-10(4)14/h5-7,15H,1-4H3/b12-5-,15-9?,17-10?. The molecule has 1 aromatic rings. The zero-order valence-electron chi connectivity index (χ0n) is 10.5. The molecular formula is C13H16ClN3. The largest absolute Gasteiger partial charge is 0.305 e. The monoisotopic (exact) mass is 249 g/mol. The Bertz CT molecular complexity index is 497. The summed E-state index contributed by atoms with van der Waals surface area (Å²) in [6.45, 7) is 7.33. The van der Waals surface area contributed by atoms with Crippen molar-refractivity contribution in [3.05, 3.63) is 29.5 Å². The van der Waals surface area contributed by atoms with Gasteiger partial charge in [0.05, 0.1) is 0 Å². The lowest BCUT2D eigenvalue weighted by molar-refractivity contribution is 1.21. The first-order valence-corrected chi connectivity index (χ1v) is 5.73. The lowest BCUT2D eigenvalue weighted by Crippen LogP contribution is -1.96. The Morgan fingerprint density at radius 2 is 2.12 bits per heavy atom. The van der Waals surface area contributed by atoms with Crippen LogP contribution in [0.4, 0.5) is 5.82 Å². The summed E-state index contributed by atoms with van der Waals surface area (Å²) >= 11 is 5.73. The molecule has 0 aromatic carbocycles. The van der Waals surface area contributed by atoms with Crippen LogP contribution in [0.3, 0.4) is 0 Å². The molecule has 1 heterocycles. The van der Waals surface area contributed by atoms with E-state index in [1.807, 2.05) is 26.0 Å². The first-order chi connectivity index (χ1) is 7.95. The van der Waals surface area contributed by atoms with Gasteiger partial charge in [0.25, 0.3) is 0 Å². The highest BCUT2D eigenvalue weighted by Gasteiger charge is 2.06. The number of aliphatic imine (C=N–C) groups is 1. The molecule has 0 aliphatic rings. The predicted octanol–water partition coefficient (Wildman–Crippen LogP) is 4.12. The Balaban J connectivity index is 3.21. The number of nitrogens with one attached hydrogen (secondary N) is 1. The quantitative estimate of drug-likeness (QED) is 0.805. The molecule has 0 unspecified atom stereocenters. The number of aryl methyl sites for hydroxylation is 1. The first kappa shape index (κ1) is 13.6. The third-order valence-corrected chi connectivity index (χ3v) is 2.40. The average molecular weight is 250 g/mol. The second-order valence-corrected chi connectivity index (χ2v) is 4.35. The third kappa shape index (κ3) is 3.49. The molecular weight excluding hydrogens is 234 g/mol. The maximum atomic E-state index is 7.68. The van der Waals surface area contributed by atoms with Crippen LogP contribution in [-0.4, -0.2) is 15.9 Å². The van der Waals surface area contributed by atoms with Crippen LogP contribution < -0.4 is 0 Å². The lowest BCUT2D eigenvalue weighted by atomic mass is 10.0. The van der Waals surface area contributed by atoms with E-state index in [0.717, 1.165) is 16.7 Å². The molecule has 90 valence electrons. The van der Waals surface area contributed by atoms with E-state index < -0.39 is 0 Å². The second kappa shape index (κ2) is 5.73. The molecule has 0 saturated heterocycles. The number of halogens is 1. The van der Waals surface area contributed by atoms with Crippen molar-refractivity contribution < 1.29 is 0 Å². The van der Waals surface area contributed by atoms with Crippen LogP contribution in [0.5, 0.6) is 0 Å². The fourth-order valence-corrected chi connectivity index (χ4v) is 1.66. The van der Waals surface area contributed by atoms with Gasteiger partial charge in [0.2, 0.25) is 0 Å². The van der Waals surface area contributed by atoms with Crippen LogP contribution in [0, 0.1) is 12.3 Å². The Hall–Kier alpha value is -1.48. The van der Waals surface area contributed by atoms with Gasteiger partial charge in [-0.2, -0.15) is 0 Å². The minimum Gasteiger partial charge on any atom is -0.305 e. The van der Waals surface area contributed by atoms with Gasteiger partial charge in [0, 0.05) is 17.5 Å². The Labute approximate surface area is 107 Å². The van der Waals surface area contributed by atoms with Crippen molar-refractivity contribution in [3.63, 3.8) is 0 Å². The molecule has 1 aromatic heterocycles. The summed E-state index contributed by atoms with van der Waals surface area (Å²) in [6.07, 6.45) is 3.63. The third-order valence-electron chi connectivity index (χ3n) is 2.31. The number of pyridine rings is 1. The van der Waals surface area contributed by atoms with Crippen LogP contribution >= 0.6 is 11.6 Å². The molecule has 0 spiro atoms. The maximum Gasteiger partial charge on any atom is 0.156 e. The Morgan fingerprint density at radius 3 is 2.53 bits per heavy atom. The van der Waals surface area contributed by atoms with Gasteiger partial charge in [0.15, 0.2) is 5.82 Å². The maximum absolute atomic E-state index is 7.68. The normalized spacial score (nSPS) is 12.8. The smallest absolute Gasteiger partial charge is 0.156 e. The molecule has 0 amide bonds. The van der Waals surface area contributed by atoms with Gasteiger partial charge in [0.1, 0.15) is 5.17 Å². The number of hydrogen-bond donors (Lipinski definition) is 1. The minimum atomic E-state index is 0.461.